The lowest BCUT2D eigenvalue weighted by Gasteiger charge is -1.99. The lowest BCUT2D eigenvalue weighted by Crippen LogP contribution is -2.21. The van der Waals surface area contributed by atoms with Crippen molar-refractivity contribution in [2.24, 2.45) is 0 Å². The van der Waals surface area contributed by atoms with Crippen LogP contribution in [0.5, 0.6) is 0 Å². The molecular formula is C7H12O6. The van der Waals surface area contributed by atoms with E-state index < -0.39 is 24.0 Å². The molecule has 0 aromatic heterocycles. The molecule has 0 heterocycles. The summed E-state index contributed by atoms with van der Waals surface area (Å²) in [5.74, 6) is -2.46. The zero-order chi connectivity index (χ0) is 11.0. The SMILES string of the molecule is CC(=O)O.CC(=O)OC(=O)C(C)O. The Morgan fingerprint density at radius 2 is 1.54 bits per heavy atom. The third-order valence-electron chi connectivity index (χ3n) is 0.585. The molecule has 1 atom stereocenters. The highest BCUT2D eigenvalue weighted by molar-refractivity contribution is 5.86. The average Bonchev–Trinajstić information content (AvgIpc) is 1.83. The number of ether oxygens (including phenoxy) is 1. The van der Waals surface area contributed by atoms with Crippen LogP contribution in [0.3, 0.4) is 0 Å². The van der Waals surface area contributed by atoms with Crippen LogP contribution in [0.15, 0.2) is 0 Å². The van der Waals surface area contributed by atoms with Gasteiger partial charge < -0.3 is 14.9 Å². The molecule has 0 rings (SSSR count). The van der Waals surface area contributed by atoms with Crippen LogP contribution < -0.4 is 0 Å². The molecule has 13 heavy (non-hydrogen) atoms. The number of aliphatic hydroxyl groups excluding tert-OH is 1. The van der Waals surface area contributed by atoms with Gasteiger partial charge in [0.1, 0.15) is 6.10 Å². The maximum atomic E-state index is 10.3. The van der Waals surface area contributed by atoms with Crippen molar-refractivity contribution in [1.82, 2.24) is 0 Å². The summed E-state index contributed by atoms with van der Waals surface area (Å²) >= 11 is 0. The summed E-state index contributed by atoms with van der Waals surface area (Å²) in [5, 5.41) is 15.9. The van der Waals surface area contributed by atoms with Gasteiger partial charge in [0.25, 0.3) is 5.97 Å². The second-order valence-corrected chi connectivity index (χ2v) is 2.11. The van der Waals surface area contributed by atoms with Gasteiger partial charge in [-0.05, 0) is 6.92 Å². The Morgan fingerprint density at radius 1 is 1.23 bits per heavy atom. The van der Waals surface area contributed by atoms with E-state index in [4.69, 9.17) is 15.0 Å². The average molecular weight is 192 g/mol. The molecule has 76 valence electrons. The molecule has 0 aliphatic heterocycles. The molecule has 0 fully saturated rings. The maximum Gasteiger partial charge on any atom is 0.342 e. The summed E-state index contributed by atoms with van der Waals surface area (Å²) in [6, 6.07) is 0. The van der Waals surface area contributed by atoms with E-state index in [2.05, 4.69) is 4.74 Å². The minimum Gasteiger partial charge on any atom is -0.481 e. The monoisotopic (exact) mass is 192 g/mol. The molecule has 0 aliphatic rings. The molecule has 0 aromatic carbocycles. The third kappa shape index (κ3) is 18.0. The van der Waals surface area contributed by atoms with E-state index in [1.807, 2.05) is 0 Å². The summed E-state index contributed by atoms with van der Waals surface area (Å²) in [4.78, 5) is 29.3. The summed E-state index contributed by atoms with van der Waals surface area (Å²) in [6.45, 7) is 3.41. The summed E-state index contributed by atoms with van der Waals surface area (Å²) in [7, 11) is 0. The van der Waals surface area contributed by atoms with Crippen LogP contribution in [0.2, 0.25) is 0 Å². The number of carbonyl (C=O) groups is 3. The summed E-state index contributed by atoms with van der Waals surface area (Å²) in [5.41, 5.74) is 0. The van der Waals surface area contributed by atoms with Gasteiger partial charge in [-0.3, -0.25) is 9.59 Å². The van der Waals surface area contributed by atoms with Crippen LogP contribution in [-0.4, -0.2) is 34.2 Å². The molecule has 1 unspecified atom stereocenters. The molecule has 6 nitrogen and oxygen atoms in total. The first-order valence-electron chi connectivity index (χ1n) is 3.37. The van der Waals surface area contributed by atoms with Gasteiger partial charge in [-0.2, -0.15) is 0 Å². The van der Waals surface area contributed by atoms with Gasteiger partial charge in [0, 0.05) is 13.8 Å². The summed E-state index contributed by atoms with van der Waals surface area (Å²) in [6.07, 6.45) is -1.23. The van der Waals surface area contributed by atoms with Gasteiger partial charge in [0.05, 0.1) is 0 Å². The number of rotatable bonds is 1. The first kappa shape index (κ1) is 14.1. The Balaban J connectivity index is 0. The normalized spacial score (nSPS) is 10.5. The standard InChI is InChI=1S/C5H8O4.C2H4O2/c1-3(6)5(8)9-4(2)7;1-2(3)4/h3,6H,1-2H3;1H3,(H,3,4). The molecule has 0 amide bonds. The first-order valence-corrected chi connectivity index (χ1v) is 3.37. The van der Waals surface area contributed by atoms with E-state index in [1.165, 1.54) is 6.92 Å². The van der Waals surface area contributed by atoms with Crippen molar-refractivity contribution in [3.8, 4) is 0 Å². The zero-order valence-corrected chi connectivity index (χ0v) is 7.60. The number of carbonyl (C=O) groups excluding carboxylic acids is 2. The molecule has 0 spiro atoms. The van der Waals surface area contributed by atoms with Crippen LogP contribution in [-0.2, 0) is 19.1 Å². The number of aliphatic carboxylic acids is 1. The Hall–Kier alpha value is -1.43. The number of hydrogen-bond acceptors (Lipinski definition) is 5. The minimum absolute atomic E-state index is 0.707. The van der Waals surface area contributed by atoms with Crippen LogP contribution in [0, 0.1) is 0 Å². The maximum absolute atomic E-state index is 10.3. The van der Waals surface area contributed by atoms with Gasteiger partial charge in [-0.15, -0.1) is 0 Å². The number of esters is 2. The van der Waals surface area contributed by atoms with Crippen LogP contribution in [0.1, 0.15) is 20.8 Å². The Bertz CT molecular complexity index is 191. The zero-order valence-electron chi connectivity index (χ0n) is 7.60. The summed E-state index contributed by atoms with van der Waals surface area (Å²) < 4.78 is 3.98. The van der Waals surface area contributed by atoms with E-state index in [1.54, 1.807) is 0 Å². The molecule has 0 saturated carbocycles. The fraction of sp³-hybridized carbons (Fsp3) is 0.571. The number of carboxylic acid groups (broad SMARTS) is 1. The van der Waals surface area contributed by atoms with Crippen molar-refractivity contribution in [2.75, 3.05) is 0 Å². The topological polar surface area (TPSA) is 101 Å². The predicted octanol–water partition coefficient (Wildman–Crippen LogP) is -0.452. The Morgan fingerprint density at radius 3 is 1.62 bits per heavy atom. The van der Waals surface area contributed by atoms with Gasteiger partial charge in [0.2, 0.25) is 0 Å². The highest BCUT2D eigenvalue weighted by atomic mass is 16.6. The van der Waals surface area contributed by atoms with Gasteiger partial charge >= 0.3 is 11.9 Å². The van der Waals surface area contributed by atoms with E-state index in [0.29, 0.717) is 0 Å². The predicted molar refractivity (Wildman–Crippen MR) is 41.8 cm³/mol. The van der Waals surface area contributed by atoms with Crippen molar-refractivity contribution < 1.29 is 29.3 Å². The quantitative estimate of drug-likeness (QED) is 0.431. The second kappa shape index (κ2) is 7.23. The van der Waals surface area contributed by atoms with Crippen LogP contribution >= 0.6 is 0 Å². The number of aliphatic hydroxyl groups is 1. The molecule has 6 heteroatoms. The van der Waals surface area contributed by atoms with E-state index in [9.17, 15) is 9.59 Å². The second-order valence-electron chi connectivity index (χ2n) is 2.11. The fourth-order valence-electron chi connectivity index (χ4n) is 0.227. The minimum atomic E-state index is -1.23. The smallest absolute Gasteiger partial charge is 0.342 e. The molecule has 0 aromatic rings. The van der Waals surface area contributed by atoms with E-state index >= 15 is 0 Å². The Labute approximate surface area is 75.1 Å². The lowest BCUT2D eigenvalue weighted by atomic mass is 10.4. The lowest BCUT2D eigenvalue weighted by molar-refractivity contribution is -0.163. The first-order chi connectivity index (χ1) is 5.77. The highest BCUT2D eigenvalue weighted by Crippen LogP contribution is 1.85. The largest absolute Gasteiger partial charge is 0.481 e. The van der Waals surface area contributed by atoms with E-state index in [0.717, 1.165) is 13.8 Å². The van der Waals surface area contributed by atoms with Crippen molar-refractivity contribution in [3.63, 3.8) is 0 Å². The van der Waals surface area contributed by atoms with Gasteiger partial charge in [-0.1, -0.05) is 0 Å². The molecule has 2 N–H and O–H groups in total. The Kier molecular flexibility index (Phi) is 7.85. The van der Waals surface area contributed by atoms with Crippen LogP contribution in [0.25, 0.3) is 0 Å². The van der Waals surface area contributed by atoms with Crippen molar-refractivity contribution in [3.05, 3.63) is 0 Å². The molecule has 0 aliphatic carbocycles. The highest BCUT2D eigenvalue weighted by Gasteiger charge is 2.11. The third-order valence-corrected chi connectivity index (χ3v) is 0.585. The molecule has 0 radical (unpaired) electrons. The number of carboxylic acids is 1. The van der Waals surface area contributed by atoms with Gasteiger partial charge in [0.15, 0.2) is 0 Å². The molecular weight excluding hydrogens is 180 g/mol. The van der Waals surface area contributed by atoms with Crippen molar-refractivity contribution in [2.45, 2.75) is 26.9 Å². The van der Waals surface area contributed by atoms with Crippen LogP contribution in [0.4, 0.5) is 0 Å². The van der Waals surface area contributed by atoms with Crippen molar-refractivity contribution >= 4 is 17.9 Å². The van der Waals surface area contributed by atoms with Crippen molar-refractivity contribution in [1.29, 1.82) is 0 Å². The molecule has 0 bridgehead atoms. The van der Waals surface area contributed by atoms with Gasteiger partial charge in [-0.25, -0.2) is 4.79 Å². The fourth-order valence-corrected chi connectivity index (χ4v) is 0.227. The molecule has 0 saturated heterocycles. The number of hydrogen-bond donors (Lipinski definition) is 2. The van der Waals surface area contributed by atoms with E-state index in [-0.39, 0.29) is 0 Å².